The average molecular weight is 499 g/mol. The summed E-state index contributed by atoms with van der Waals surface area (Å²) in [5.41, 5.74) is 2.81. The van der Waals surface area contributed by atoms with Gasteiger partial charge in [0, 0.05) is 21.5 Å². The monoisotopic (exact) mass is 498 g/mol. The maximum atomic E-state index is 13.5. The molecule has 1 aliphatic rings. The summed E-state index contributed by atoms with van der Waals surface area (Å²) in [4.78, 5) is 29.2. The molecule has 3 aromatic carbocycles. The lowest BCUT2D eigenvalue weighted by atomic mass is 10.0. The van der Waals surface area contributed by atoms with Gasteiger partial charge in [-0.2, -0.15) is 0 Å². The van der Waals surface area contributed by atoms with Gasteiger partial charge in [0.1, 0.15) is 5.25 Å². The fraction of sp³-hybridized carbons (Fsp3) is 0.231. The van der Waals surface area contributed by atoms with Crippen molar-refractivity contribution in [3.05, 3.63) is 94.0 Å². The van der Waals surface area contributed by atoms with Crippen LogP contribution < -0.4 is 10.2 Å². The average Bonchev–Trinajstić information content (AvgIpc) is 2.82. The van der Waals surface area contributed by atoms with E-state index in [4.69, 9.17) is 23.2 Å². The Kier molecular flexibility index (Phi) is 7.63. The van der Waals surface area contributed by atoms with Gasteiger partial charge >= 0.3 is 0 Å². The van der Waals surface area contributed by atoms with Gasteiger partial charge in [-0.05, 0) is 47.9 Å². The Bertz CT molecular complexity index is 1150. The lowest BCUT2D eigenvalue weighted by molar-refractivity contribution is -0.128. The molecule has 7 heteroatoms. The fourth-order valence-electron chi connectivity index (χ4n) is 3.79. The molecule has 1 heterocycles. The van der Waals surface area contributed by atoms with E-state index in [9.17, 15) is 9.59 Å². The second-order valence-electron chi connectivity index (χ2n) is 7.98. The van der Waals surface area contributed by atoms with E-state index in [2.05, 4.69) is 5.32 Å². The minimum atomic E-state index is -0.516. The summed E-state index contributed by atoms with van der Waals surface area (Å²) in [7, 11) is 0. The van der Waals surface area contributed by atoms with Crippen molar-refractivity contribution in [3.63, 3.8) is 0 Å². The van der Waals surface area contributed by atoms with Gasteiger partial charge in [-0.25, -0.2) is 0 Å². The number of nitrogens with zero attached hydrogens (tertiary/aromatic N) is 1. The molecule has 1 N–H and O–H groups in total. The van der Waals surface area contributed by atoms with Crippen LogP contribution in [0.25, 0.3) is 0 Å². The second kappa shape index (κ2) is 10.6. The number of carbonyl (C=O) groups is 2. The molecule has 0 aliphatic carbocycles. The summed E-state index contributed by atoms with van der Waals surface area (Å²) < 4.78 is 0. The normalized spacial score (nSPS) is 16.3. The SMILES string of the molecule is C[C@@H](C(=O)NCCc1ccc(Cl)cc1)[C@@H]1Sc2ccccc2N(Cc2ccccc2Cl)C1=O. The third-order valence-corrected chi connectivity index (χ3v) is 7.78. The van der Waals surface area contributed by atoms with Crippen molar-refractivity contribution < 1.29 is 9.59 Å². The zero-order valence-electron chi connectivity index (χ0n) is 18.1. The van der Waals surface area contributed by atoms with E-state index in [1.165, 1.54) is 11.8 Å². The number of benzene rings is 3. The van der Waals surface area contributed by atoms with E-state index in [-0.39, 0.29) is 11.8 Å². The first-order chi connectivity index (χ1) is 15.9. The fourth-order valence-corrected chi connectivity index (χ4v) is 5.40. The maximum absolute atomic E-state index is 13.5. The van der Waals surface area contributed by atoms with Crippen molar-refractivity contribution in [2.45, 2.75) is 30.0 Å². The van der Waals surface area contributed by atoms with Gasteiger partial charge < -0.3 is 10.2 Å². The predicted octanol–water partition coefficient (Wildman–Crippen LogP) is 6.00. The highest BCUT2D eigenvalue weighted by atomic mass is 35.5. The van der Waals surface area contributed by atoms with Gasteiger partial charge in [0.05, 0.1) is 18.2 Å². The van der Waals surface area contributed by atoms with Crippen LogP contribution in [0.4, 0.5) is 5.69 Å². The van der Waals surface area contributed by atoms with Crippen LogP contribution in [0.1, 0.15) is 18.1 Å². The number of halogens is 2. The molecular formula is C26H24Cl2N2O2S. The van der Waals surface area contributed by atoms with Crippen molar-refractivity contribution in [1.29, 1.82) is 0 Å². The topological polar surface area (TPSA) is 49.4 Å². The molecule has 0 radical (unpaired) electrons. The van der Waals surface area contributed by atoms with Crippen LogP contribution in [0, 0.1) is 5.92 Å². The van der Waals surface area contributed by atoms with E-state index in [1.54, 1.807) is 4.90 Å². The smallest absolute Gasteiger partial charge is 0.241 e. The number of nitrogens with one attached hydrogen (secondary N) is 1. The summed E-state index contributed by atoms with van der Waals surface area (Å²) in [6.07, 6.45) is 0.697. The number of anilines is 1. The van der Waals surface area contributed by atoms with E-state index in [1.807, 2.05) is 79.7 Å². The van der Waals surface area contributed by atoms with Crippen molar-refractivity contribution in [2.24, 2.45) is 5.92 Å². The molecule has 0 saturated heterocycles. The first kappa shape index (κ1) is 23.7. The van der Waals surface area contributed by atoms with Gasteiger partial charge in [0.2, 0.25) is 11.8 Å². The molecule has 0 fully saturated rings. The molecule has 4 nitrogen and oxygen atoms in total. The first-order valence-corrected chi connectivity index (χ1v) is 12.4. The van der Waals surface area contributed by atoms with E-state index in [0.29, 0.717) is 29.6 Å². The summed E-state index contributed by atoms with van der Waals surface area (Å²) in [6.45, 7) is 2.67. The molecule has 0 spiro atoms. The maximum Gasteiger partial charge on any atom is 0.241 e. The molecular weight excluding hydrogens is 475 g/mol. The van der Waals surface area contributed by atoms with Gasteiger partial charge in [-0.3, -0.25) is 9.59 Å². The molecule has 0 aromatic heterocycles. The Morgan fingerprint density at radius 2 is 1.73 bits per heavy atom. The molecule has 4 rings (SSSR count). The van der Waals surface area contributed by atoms with Gasteiger partial charge in [-0.1, -0.05) is 72.6 Å². The lowest BCUT2D eigenvalue weighted by Crippen LogP contribution is -2.47. The van der Waals surface area contributed by atoms with Crippen LogP contribution in [0.3, 0.4) is 0 Å². The number of para-hydroxylation sites is 1. The Hall–Kier alpha value is -2.47. The Balaban J connectivity index is 1.47. The highest BCUT2D eigenvalue weighted by Gasteiger charge is 2.39. The number of amides is 2. The molecule has 0 bridgehead atoms. The van der Waals surface area contributed by atoms with E-state index < -0.39 is 11.2 Å². The number of fused-ring (bicyclic) bond motifs is 1. The minimum absolute atomic E-state index is 0.0843. The molecule has 3 aromatic rings. The minimum Gasteiger partial charge on any atom is -0.355 e. The zero-order chi connectivity index (χ0) is 23.4. The third kappa shape index (κ3) is 5.55. The first-order valence-electron chi connectivity index (χ1n) is 10.8. The Morgan fingerprint density at radius 3 is 2.48 bits per heavy atom. The third-order valence-electron chi connectivity index (χ3n) is 5.70. The molecule has 2 amide bonds. The number of thioether (sulfide) groups is 1. The molecule has 0 unspecified atom stereocenters. The number of rotatable bonds is 7. The zero-order valence-corrected chi connectivity index (χ0v) is 20.5. The largest absolute Gasteiger partial charge is 0.355 e. The van der Waals surface area contributed by atoms with Crippen LogP contribution in [-0.4, -0.2) is 23.6 Å². The second-order valence-corrected chi connectivity index (χ2v) is 10.0. The van der Waals surface area contributed by atoms with Gasteiger partial charge in [-0.15, -0.1) is 11.8 Å². The lowest BCUT2D eigenvalue weighted by Gasteiger charge is -2.36. The van der Waals surface area contributed by atoms with Crippen LogP contribution in [0.5, 0.6) is 0 Å². The molecule has 2 atom stereocenters. The molecule has 33 heavy (non-hydrogen) atoms. The molecule has 1 aliphatic heterocycles. The number of hydrogen-bond acceptors (Lipinski definition) is 3. The van der Waals surface area contributed by atoms with E-state index in [0.717, 1.165) is 21.7 Å². The highest BCUT2D eigenvalue weighted by molar-refractivity contribution is 8.01. The summed E-state index contributed by atoms with van der Waals surface area (Å²) in [5, 5.41) is 3.77. The quantitative estimate of drug-likeness (QED) is 0.434. The van der Waals surface area contributed by atoms with Crippen LogP contribution in [0.15, 0.2) is 77.7 Å². The summed E-state index contributed by atoms with van der Waals surface area (Å²) >= 11 is 13.8. The molecule has 0 saturated carbocycles. The van der Waals surface area contributed by atoms with Crippen molar-refractivity contribution in [3.8, 4) is 0 Å². The van der Waals surface area contributed by atoms with Gasteiger partial charge in [0.15, 0.2) is 0 Å². The predicted molar refractivity (Wildman–Crippen MR) is 136 cm³/mol. The Morgan fingerprint density at radius 1 is 1.03 bits per heavy atom. The Labute approximate surface area is 208 Å². The molecule has 170 valence electrons. The van der Waals surface area contributed by atoms with Crippen molar-refractivity contribution in [1.82, 2.24) is 5.32 Å². The van der Waals surface area contributed by atoms with Crippen LogP contribution in [-0.2, 0) is 22.6 Å². The van der Waals surface area contributed by atoms with Crippen LogP contribution in [0.2, 0.25) is 10.0 Å². The van der Waals surface area contributed by atoms with E-state index >= 15 is 0 Å². The standard InChI is InChI=1S/C26H24Cl2N2O2S/c1-17(25(31)29-15-14-18-10-12-20(27)13-11-18)24-26(32)30(16-19-6-2-3-7-21(19)28)22-8-4-5-9-23(22)33-24/h2-13,17,24H,14-16H2,1H3,(H,29,31)/t17-,24+/m1/s1. The summed E-state index contributed by atoms with van der Waals surface area (Å²) in [5.74, 6) is -0.708. The van der Waals surface area contributed by atoms with Gasteiger partial charge in [0.25, 0.3) is 0 Å². The van der Waals surface area contributed by atoms with Crippen molar-refractivity contribution >= 4 is 52.5 Å². The van der Waals surface area contributed by atoms with Crippen LogP contribution >= 0.6 is 35.0 Å². The number of carbonyl (C=O) groups excluding carboxylic acids is 2. The number of hydrogen-bond donors (Lipinski definition) is 1. The highest BCUT2D eigenvalue weighted by Crippen LogP contribution is 2.42. The summed E-state index contributed by atoms with van der Waals surface area (Å²) in [6, 6.07) is 22.9. The van der Waals surface area contributed by atoms with Crippen molar-refractivity contribution in [2.75, 3.05) is 11.4 Å².